The Morgan fingerprint density at radius 1 is 1.53 bits per heavy atom. The first-order chi connectivity index (χ1) is 9.33. The molecular formula is C13H19N5O. The fourth-order valence-corrected chi connectivity index (χ4v) is 2.37. The highest BCUT2D eigenvalue weighted by Gasteiger charge is 2.19. The molecule has 19 heavy (non-hydrogen) atoms. The maximum absolute atomic E-state index is 5.78. The smallest absolute Gasteiger partial charge is 0.111 e. The van der Waals surface area contributed by atoms with Gasteiger partial charge in [-0.3, -0.25) is 4.68 Å². The molecule has 0 aromatic carbocycles. The molecule has 3 heterocycles. The molecule has 0 aliphatic carbocycles. The molecule has 1 saturated heterocycles. The first-order valence-electron chi connectivity index (χ1n) is 6.64. The van der Waals surface area contributed by atoms with Crippen molar-refractivity contribution >= 4 is 0 Å². The highest BCUT2D eigenvalue weighted by molar-refractivity contribution is 5.06. The highest BCUT2D eigenvalue weighted by Crippen LogP contribution is 2.18. The Bertz CT molecular complexity index is 527. The second-order valence-electron chi connectivity index (χ2n) is 4.81. The van der Waals surface area contributed by atoms with E-state index in [1.165, 1.54) is 0 Å². The van der Waals surface area contributed by atoms with Crippen molar-refractivity contribution in [2.75, 3.05) is 19.7 Å². The predicted molar refractivity (Wildman–Crippen MR) is 70.7 cm³/mol. The van der Waals surface area contributed by atoms with E-state index in [1.807, 2.05) is 30.5 Å². The summed E-state index contributed by atoms with van der Waals surface area (Å²) < 4.78 is 9.77. The summed E-state index contributed by atoms with van der Waals surface area (Å²) >= 11 is 0. The summed E-state index contributed by atoms with van der Waals surface area (Å²) in [6, 6.07) is 2.05. The molecule has 6 nitrogen and oxygen atoms in total. The minimum Gasteiger partial charge on any atom is -0.369 e. The molecule has 0 saturated carbocycles. The maximum atomic E-state index is 5.78. The molecule has 102 valence electrons. The summed E-state index contributed by atoms with van der Waals surface area (Å²) in [7, 11) is 1.94. The average Bonchev–Trinajstić information content (AvgIpc) is 3.06. The molecule has 0 spiro atoms. The number of aromatic nitrogens is 4. The van der Waals surface area contributed by atoms with Gasteiger partial charge in [-0.1, -0.05) is 0 Å². The van der Waals surface area contributed by atoms with Crippen molar-refractivity contribution in [2.24, 2.45) is 7.05 Å². The molecule has 1 aliphatic rings. The summed E-state index contributed by atoms with van der Waals surface area (Å²) in [4.78, 5) is 4.24. The quantitative estimate of drug-likeness (QED) is 0.872. The average molecular weight is 261 g/mol. The lowest BCUT2D eigenvalue weighted by Gasteiger charge is -2.24. The molecule has 3 rings (SSSR count). The van der Waals surface area contributed by atoms with Crippen molar-refractivity contribution in [1.29, 1.82) is 0 Å². The van der Waals surface area contributed by atoms with Gasteiger partial charge in [-0.05, 0) is 6.07 Å². The SMILES string of the molecule is Cn1ccc(CCn2cncc2C2CNCCO2)n1. The van der Waals surface area contributed by atoms with E-state index >= 15 is 0 Å². The van der Waals surface area contributed by atoms with Crippen LogP contribution in [0.2, 0.25) is 0 Å². The third-order valence-electron chi connectivity index (χ3n) is 3.38. The van der Waals surface area contributed by atoms with E-state index < -0.39 is 0 Å². The van der Waals surface area contributed by atoms with E-state index in [2.05, 4.69) is 26.0 Å². The van der Waals surface area contributed by atoms with Crippen LogP contribution in [-0.2, 0) is 24.8 Å². The zero-order chi connectivity index (χ0) is 13.1. The standard InChI is InChI=1S/C13H19N5O/c1-17-5-2-11(16-17)3-6-18-10-15-8-12(18)13-9-14-4-7-19-13/h2,5,8,10,13-14H,3-4,6-7,9H2,1H3. The van der Waals surface area contributed by atoms with Gasteiger partial charge in [0, 0.05) is 39.3 Å². The molecule has 2 aromatic rings. The van der Waals surface area contributed by atoms with Crippen LogP contribution in [0.1, 0.15) is 17.5 Å². The predicted octanol–water partition coefficient (Wildman–Crippen LogP) is 0.520. The lowest BCUT2D eigenvalue weighted by molar-refractivity contribution is 0.0228. The molecule has 1 fully saturated rings. The summed E-state index contributed by atoms with van der Waals surface area (Å²) in [6.45, 7) is 3.43. The number of nitrogens with zero attached hydrogens (tertiary/aromatic N) is 4. The fraction of sp³-hybridized carbons (Fsp3) is 0.538. The van der Waals surface area contributed by atoms with Crippen LogP contribution in [0.5, 0.6) is 0 Å². The van der Waals surface area contributed by atoms with Gasteiger partial charge in [0.15, 0.2) is 0 Å². The lowest BCUT2D eigenvalue weighted by Crippen LogP contribution is -2.34. The molecule has 0 bridgehead atoms. The number of nitrogens with one attached hydrogen (secondary N) is 1. The second-order valence-corrected chi connectivity index (χ2v) is 4.81. The number of morpholine rings is 1. The summed E-state index contributed by atoms with van der Waals surface area (Å²) in [5, 5.41) is 7.74. The van der Waals surface area contributed by atoms with E-state index in [0.29, 0.717) is 0 Å². The fourth-order valence-electron chi connectivity index (χ4n) is 2.37. The van der Waals surface area contributed by atoms with E-state index in [4.69, 9.17) is 4.74 Å². The Labute approximate surface area is 112 Å². The van der Waals surface area contributed by atoms with Crippen LogP contribution in [0, 0.1) is 0 Å². The van der Waals surface area contributed by atoms with Crippen molar-refractivity contribution in [1.82, 2.24) is 24.6 Å². The molecule has 0 amide bonds. The molecule has 1 aliphatic heterocycles. The summed E-state index contributed by atoms with van der Waals surface area (Å²) in [5.41, 5.74) is 2.24. The Morgan fingerprint density at radius 3 is 3.21 bits per heavy atom. The van der Waals surface area contributed by atoms with Crippen molar-refractivity contribution in [3.63, 3.8) is 0 Å². The zero-order valence-electron chi connectivity index (χ0n) is 11.1. The van der Waals surface area contributed by atoms with Gasteiger partial charge < -0.3 is 14.6 Å². The molecule has 1 N–H and O–H groups in total. The zero-order valence-corrected chi connectivity index (χ0v) is 11.1. The number of imidazole rings is 1. The Morgan fingerprint density at radius 2 is 2.47 bits per heavy atom. The number of rotatable bonds is 4. The van der Waals surface area contributed by atoms with Crippen molar-refractivity contribution in [3.05, 3.63) is 36.2 Å². The van der Waals surface area contributed by atoms with Crippen LogP contribution < -0.4 is 5.32 Å². The van der Waals surface area contributed by atoms with Crippen LogP contribution in [0.4, 0.5) is 0 Å². The van der Waals surface area contributed by atoms with Crippen molar-refractivity contribution in [3.8, 4) is 0 Å². The van der Waals surface area contributed by atoms with Gasteiger partial charge in [-0.2, -0.15) is 5.10 Å². The molecule has 1 atom stereocenters. The van der Waals surface area contributed by atoms with Crippen molar-refractivity contribution in [2.45, 2.75) is 19.1 Å². The highest BCUT2D eigenvalue weighted by atomic mass is 16.5. The van der Waals surface area contributed by atoms with Crippen LogP contribution in [0.3, 0.4) is 0 Å². The van der Waals surface area contributed by atoms with Gasteiger partial charge in [0.05, 0.1) is 30.5 Å². The number of hydrogen-bond acceptors (Lipinski definition) is 4. The third-order valence-corrected chi connectivity index (χ3v) is 3.38. The molecule has 6 heteroatoms. The molecule has 0 radical (unpaired) electrons. The first kappa shape index (κ1) is 12.4. The van der Waals surface area contributed by atoms with Gasteiger partial charge in [-0.15, -0.1) is 0 Å². The second kappa shape index (κ2) is 5.54. The van der Waals surface area contributed by atoms with Crippen LogP contribution >= 0.6 is 0 Å². The van der Waals surface area contributed by atoms with Crippen LogP contribution in [0.15, 0.2) is 24.8 Å². The van der Waals surface area contributed by atoms with Gasteiger partial charge in [0.1, 0.15) is 6.10 Å². The first-order valence-corrected chi connectivity index (χ1v) is 6.64. The summed E-state index contributed by atoms with van der Waals surface area (Å²) in [5.74, 6) is 0. The minimum absolute atomic E-state index is 0.111. The van der Waals surface area contributed by atoms with E-state index in [9.17, 15) is 0 Å². The summed E-state index contributed by atoms with van der Waals surface area (Å²) in [6.07, 6.45) is 6.76. The van der Waals surface area contributed by atoms with Crippen LogP contribution in [-0.4, -0.2) is 39.0 Å². The van der Waals surface area contributed by atoms with Gasteiger partial charge in [0.25, 0.3) is 0 Å². The van der Waals surface area contributed by atoms with Gasteiger partial charge in [-0.25, -0.2) is 4.98 Å². The lowest BCUT2D eigenvalue weighted by atomic mass is 10.2. The normalized spacial score (nSPS) is 19.7. The van der Waals surface area contributed by atoms with Gasteiger partial charge >= 0.3 is 0 Å². The Hall–Kier alpha value is -1.66. The molecular weight excluding hydrogens is 242 g/mol. The van der Waals surface area contributed by atoms with Crippen LogP contribution in [0.25, 0.3) is 0 Å². The number of ether oxygens (including phenoxy) is 1. The van der Waals surface area contributed by atoms with Gasteiger partial charge in [0.2, 0.25) is 0 Å². The Kier molecular flexibility index (Phi) is 3.61. The topological polar surface area (TPSA) is 56.9 Å². The Balaban J connectivity index is 1.66. The largest absolute Gasteiger partial charge is 0.369 e. The van der Waals surface area contributed by atoms with E-state index in [1.54, 1.807) is 0 Å². The number of hydrogen-bond donors (Lipinski definition) is 1. The molecule has 2 aromatic heterocycles. The monoisotopic (exact) mass is 261 g/mol. The minimum atomic E-state index is 0.111. The van der Waals surface area contributed by atoms with E-state index in [-0.39, 0.29) is 6.10 Å². The number of aryl methyl sites for hydroxylation is 3. The third kappa shape index (κ3) is 2.85. The maximum Gasteiger partial charge on any atom is 0.111 e. The van der Waals surface area contributed by atoms with Crippen molar-refractivity contribution < 1.29 is 4.74 Å². The molecule has 1 unspecified atom stereocenters. The van der Waals surface area contributed by atoms with E-state index in [0.717, 1.165) is 44.0 Å².